The van der Waals surface area contributed by atoms with E-state index in [0.717, 1.165) is 5.56 Å². The van der Waals surface area contributed by atoms with Crippen molar-refractivity contribution < 1.29 is 23.8 Å². The van der Waals surface area contributed by atoms with Crippen LogP contribution in [0.5, 0.6) is 11.5 Å². The minimum absolute atomic E-state index is 0.0597. The fourth-order valence-corrected chi connectivity index (χ4v) is 2.16. The van der Waals surface area contributed by atoms with Gasteiger partial charge in [0, 0.05) is 11.6 Å². The van der Waals surface area contributed by atoms with E-state index in [1.54, 1.807) is 13.0 Å². The van der Waals surface area contributed by atoms with Gasteiger partial charge in [0.15, 0.2) is 0 Å². The second-order valence-electron chi connectivity index (χ2n) is 5.17. The number of benzene rings is 2. The Labute approximate surface area is 139 Å². The molecule has 0 radical (unpaired) electrons. The molecule has 0 heterocycles. The molecule has 0 amide bonds. The van der Waals surface area contributed by atoms with Crippen molar-refractivity contribution in [2.75, 3.05) is 6.61 Å². The summed E-state index contributed by atoms with van der Waals surface area (Å²) in [6, 6.07) is 12.6. The number of halogens is 1. The zero-order valence-corrected chi connectivity index (χ0v) is 13.3. The van der Waals surface area contributed by atoms with Crippen LogP contribution in [0, 0.1) is 0 Å². The van der Waals surface area contributed by atoms with Gasteiger partial charge in [0.2, 0.25) is 6.17 Å². The predicted octanol–water partition coefficient (Wildman–Crippen LogP) is 2.87. The Hall–Kier alpha value is -2.60. The van der Waals surface area contributed by atoms with Gasteiger partial charge in [-0.05, 0) is 24.6 Å². The maximum atomic E-state index is 14.0. The van der Waals surface area contributed by atoms with Gasteiger partial charge in [0.05, 0.1) is 12.6 Å². The van der Waals surface area contributed by atoms with Crippen molar-refractivity contribution >= 4 is 5.97 Å². The molecule has 128 valence electrons. The molecule has 24 heavy (non-hydrogen) atoms. The monoisotopic (exact) mass is 333 g/mol. The molecular formula is C18H20FNO4. The molecule has 2 aromatic rings. The summed E-state index contributed by atoms with van der Waals surface area (Å²) < 4.78 is 24.1. The van der Waals surface area contributed by atoms with E-state index < -0.39 is 18.2 Å². The number of nitrogens with two attached hydrogens (primary N) is 1. The molecule has 0 saturated carbocycles. The normalized spacial score (nSPS) is 13.1. The maximum Gasteiger partial charge on any atom is 0.342 e. The number of alkyl halides is 1. The number of ether oxygens (including phenoxy) is 2. The quantitative estimate of drug-likeness (QED) is 0.762. The Bertz CT molecular complexity index is 678. The number of rotatable bonds is 7. The fraction of sp³-hybridized carbons (Fsp3) is 0.278. The van der Waals surface area contributed by atoms with Crippen molar-refractivity contribution in [1.29, 1.82) is 0 Å². The van der Waals surface area contributed by atoms with Gasteiger partial charge in [0.1, 0.15) is 18.1 Å². The zero-order chi connectivity index (χ0) is 17.5. The second kappa shape index (κ2) is 8.31. The molecule has 0 saturated heterocycles. The molecule has 0 aliphatic heterocycles. The first-order valence-electron chi connectivity index (χ1n) is 7.58. The molecule has 2 aromatic carbocycles. The molecule has 6 heteroatoms. The van der Waals surface area contributed by atoms with E-state index in [9.17, 15) is 14.3 Å². The third-order valence-electron chi connectivity index (χ3n) is 3.44. The molecule has 3 N–H and O–H groups in total. The Balaban J connectivity index is 2.04. The van der Waals surface area contributed by atoms with Gasteiger partial charge in [-0.2, -0.15) is 0 Å². The fourth-order valence-electron chi connectivity index (χ4n) is 2.16. The predicted molar refractivity (Wildman–Crippen MR) is 87.3 cm³/mol. The summed E-state index contributed by atoms with van der Waals surface area (Å²) in [6.45, 7) is 1.97. The molecule has 2 rings (SSSR count). The Morgan fingerprint density at radius 3 is 2.58 bits per heavy atom. The van der Waals surface area contributed by atoms with Crippen molar-refractivity contribution in [2.24, 2.45) is 5.73 Å². The SMILES string of the molecule is CCOC(=O)C(F)[C@H](N)c1ccc(OCc2ccccc2)cc1O. The van der Waals surface area contributed by atoms with Gasteiger partial charge in [-0.1, -0.05) is 30.3 Å². The molecule has 0 spiro atoms. The van der Waals surface area contributed by atoms with Crippen LogP contribution in [0.25, 0.3) is 0 Å². The first-order valence-corrected chi connectivity index (χ1v) is 7.58. The van der Waals surface area contributed by atoms with Gasteiger partial charge >= 0.3 is 5.97 Å². The van der Waals surface area contributed by atoms with E-state index in [-0.39, 0.29) is 17.9 Å². The van der Waals surface area contributed by atoms with Crippen molar-refractivity contribution in [1.82, 2.24) is 0 Å². The minimum atomic E-state index is -2.05. The van der Waals surface area contributed by atoms with Gasteiger partial charge < -0.3 is 20.3 Å². The minimum Gasteiger partial charge on any atom is -0.507 e. The molecular weight excluding hydrogens is 313 g/mol. The van der Waals surface area contributed by atoms with Gasteiger partial charge in [-0.3, -0.25) is 0 Å². The Kier molecular flexibility index (Phi) is 6.14. The third-order valence-corrected chi connectivity index (χ3v) is 3.44. The molecule has 0 aliphatic rings. The van der Waals surface area contributed by atoms with E-state index >= 15 is 0 Å². The molecule has 0 fully saturated rings. The van der Waals surface area contributed by atoms with E-state index in [1.165, 1.54) is 12.1 Å². The summed E-state index contributed by atoms with van der Waals surface area (Å²) in [4.78, 5) is 11.4. The number of hydrogen-bond acceptors (Lipinski definition) is 5. The molecule has 2 atom stereocenters. The van der Waals surface area contributed by atoms with E-state index in [4.69, 9.17) is 10.5 Å². The Morgan fingerprint density at radius 1 is 1.25 bits per heavy atom. The lowest BCUT2D eigenvalue weighted by Gasteiger charge is -2.17. The van der Waals surface area contributed by atoms with Gasteiger partial charge in [-0.15, -0.1) is 0 Å². The number of phenolic OH excluding ortho intramolecular Hbond substituents is 1. The largest absolute Gasteiger partial charge is 0.507 e. The van der Waals surface area contributed by atoms with E-state index in [2.05, 4.69) is 4.74 Å². The summed E-state index contributed by atoms with van der Waals surface area (Å²) in [6.07, 6.45) is -2.05. The molecule has 0 aliphatic carbocycles. The third kappa shape index (κ3) is 4.45. The average molecular weight is 333 g/mol. The number of hydrogen-bond donors (Lipinski definition) is 2. The molecule has 1 unspecified atom stereocenters. The summed E-state index contributed by atoms with van der Waals surface area (Å²) in [5, 5.41) is 10.0. The summed E-state index contributed by atoms with van der Waals surface area (Å²) in [5.41, 5.74) is 6.80. The van der Waals surface area contributed by atoms with Gasteiger partial charge in [0.25, 0.3) is 0 Å². The number of phenols is 1. The molecule has 5 nitrogen and oxygen atoms in total. The number of carbonyl (C=O) groups excluding carboxylic acids is 1. The van der Waals surface area contributed by atoms with Crippen LogP contribution in [0.15, 0.2) is 48.5 Å². The summed E-state index contributed by atoms with van der Waals surface area (Å²) >= 11 is 0. The van der Waals surface area contributed by atoms with Crippen molar-refractivity contribution in [3.63, 3.8) is 0 Å². The van der Waals surface area contributed by atoms with Crippen LogP contribution in [0.4, 0.5) is 4.39 Å². The summed E-state index contributed by atoms with van der Waals surface area (Å²) in [7, 11) is 0. The number of carbonyl (C=O) groups is 1. The van der Waals surface area contributed by atoms with Crippen LogP contribution < -0.4 is 10.5 Å². The van der Waals surface area contributed by atoms with Crippen LogP contribution in [-0.4, -0.2) is 23.9 Å². The van der Waals surface area contributed by atoms with Crippen LogP contribution in [-0.2, 0) is 16.1 Å². The lowest BCUT2D eigenvalue weighted by Crippen LogP contribution is -2.31. The lowest BCUT2D eigenvalue weighted by molar-refractivity contribution is -0.149. The zero-order valence-electron chi connectivity index (χ0n) is 13.3. The van der Waals surface area contributed by atoms with Crippen LogP contribution in [0.1, 0.15) is 24.1 Å². The standard InChI is InChI=1S/C18H20FNO4/c1-2-23-18(22)16(19)17(20)14-9-8-13(10-15(14)21)24-11-12-6-4-3-5-7-12/h3-10,16-17,21H,2,11,20H2,1H3/t16?,17-/m1/s1. The number of aromatic hydroxyl groups is 1. The first kappa shape index (κ1) is 17.7. The lowest BCUT2D eigenvalue weighted by atomic mass is 10.0. The first-order chi connectivity index (χ1) is 11.5. The van der Waals surface area contributed by atoms with Gasteiger partial charge in [-0.25, -0.2) is 9.18 Å². The highest BCUT2D eigenvalue weighted by Gasteiger charge is 2.29. The van der Waals surface area contributed by atoms with E-state index in [1.807, 2.05) is 30.3 Å². The highest BCUT2D eigenvalue weighted by molar-refractivity contribution is 5.76. The molecule has 0 bridgehead atoms. The van der Waals surface area contributed by atoms with Crippen molar-refractivity contribution in [3.05, 3.63) is 59.7 Å². The second-order valence-corrected chi connectivity index (χ2v) is 5.17. The van der Waals surface area contributed by atoms with Crippen LogP contribution in [0.2, 0.25) is 0 Å². The highest BCUT2D eigenvalue weighted by atomic mass is 19.1. The average Bonchev–Trinajstić information content (AvgIpc) is 2.60. The van der Waals surface area contributed by atoms with Crippen molar-refractivity contribution in [3.8, 4) is 11.5 Å². The van der Waals surface area contributed by atoms with Crippen LogP contribution >= 0.6 is 0 Å². The maximum absolute atomic E-state index is 14.0. The topological polar surface area (TPSA) is 81.8 Å². The number of esters is 1. The van der Waals surface area contributed by atoms with E-state index in [0.29, 0.717) is 12.4 Å². The smallest absolute Gasteiger partial charge is 0.342 e. The Morgan fingerprint density at radius 2 is 1.96 bits per heavy atom. The van der Waals surface area contributed by atoms with Crippen molar-refractivity contribution in [2.45, 2.75) is 25.7 Å². The van der Waals surface area contributed by atoms with Crippen LogP contribution in [0.3, 0.4) is 0 Å². The molecule has 0 aromatic heterocycles. The highest BCUT2D eigenvalue weighted by Crippen LogP contribution is 2.30. The summed E-state index contributed by atoms with van der Waals surface area (Å²) in [5.74, 6) is -0.868.